The van der Waals surface area contributed by atoms with Crippen molar-refractivity contribution in [2.24, 2.45) is 10.2 Å². The second kappa shape index (κ2) is 7.63. The lowest BCUT2D eigenvalue weighted by molar-refractivity contribution is 0.106. The summed E-state index contributed by atoms with van der Waals surface area (Å²) in [5, 5.41) is 8.74. The Kier molecular flexibility index (Phi) is 5.09. The van der Waals surface area contributed by atoms with Gasteiger partial charge in [0.25, 0.3) is 0 Å². The zero-order chi connectivity index (χ0) is 15.9. The molecule has 3 nitrogen and oxygen atoms in total. The first-order valence-electron chi connectivity index (χ1n) is 8.13. The first kappa shape index (κ1) is 15.3. The van der Waals surface area contributed by atoms with Gasteiger partial charge in [0.15, 0.2) is 0 Å². The number of ketones is 1. The number of carbonyl (C=O) groups is 1. The van der Waals surface area contributed by atoms with Crippen LogP contribution in [0.3, 0.4) is 0 Å². The van der Waals surface area contributed by atoms with Crippen molar-refractivity contribution < 1.29 is 4.79 Å². The molecule has 2 aromatic carbocycles. The zero-order valence-corrected chi connectivity index (χ0v) is 13.1. The highest BCUT2D eigenvalue weighted by Gasteiger charge is 2.16. The molecule has 3 rings (SSSR count). The predicted molar refractivity (Wildman–Crippen MR) is 94.3 cm³/mol. The van der Waals surface area contributed by atoms with Gasteiger partial charge in [0, 0.05) is 16.8 Å². The van der Waals surface area contributed by atoms with Crippen molar-refractivity contribution in [2.45, 2.75) is 32.1 Å². The second-order valence-electron chi connectivity index (χ2n) is 5.74. The number of hydrogen-bond donors (Lipinski definition) is 0. The van der Waals surface area contributed by atoms with E-state index in [-0.39, 0.29) is 5.78 Å². The van der Waals surface area contributed by atoms with Gasteiger partial charge < -0.3 is 0 Å². The number of rotatable bonds is 4. The van der Waals surface area contributed by atoms with Gasteiger partial charge in [-0.3, -0.25) is 4.79 Å². The normalized spacial score (nSPS) is 15.3. The molecule has 0 aromatic heterocycles. The van der Waals surface area contributed by atoms with Crippen molar-refractivity contribution in [3.8, 4) is 0 Å². The topological polar surface area (TPSA) is 41.8 Å². The summed E-state index contributed by atoms with van der Waals surface area (Å²) in [7, 11) is 0. The van der Waals surface area contributed by atoms with Crippen LogP contribution in [-0.2, 0) is 0 Å². The maximum absolute atomic E-state index is 12.8. The minimum Gasteiger partial charge on any atom is -0.287 e. The molecule has 0 aliphatic heterocycles. The Morgan fingerprint density at radius 2 is 1.30 bits per heavy atom. The lowest BCUT2D eigenvalue weighted by atomic mass is 9.99. The van der Waals surface area contributed by atoms with Crippen molar-refractivity contribution in [1.82, 2.24) is 0 Å². The van der Waals surface area contributed by atoms with Gasteiger partial charge in [-0.05, 0) is 25.7 Å². The van der Waals surface area contributed by atoms with Crippen LogP contribution >= 0.6 is 0 Å². The third-order valence-corrected chi connectivity index (χ3v) is 4.02. The van der Waals surface area contributed by atoms with E-state index in [1.165, 1.54) is 19.3 Å². The molecule has 0 amide bonds. The summed E-state index contributed by atoms with van der Waals surface area (Å²) in [5.41, 5.74) is 2.96. The SMILES string of the molecule is O=C(/C(=N/N=C1CCCCC1)c1ccccc1)c1ccccc1. The molecule has 0 unspecified atom stereocenters. The van der Waals surface area contributed by atoms with Crippen LogP contribution in [0.25, 0.3) is 0 Å². The Balaban J connectivity index is 1.95. The average Bonchev–Trinajstić information content (AvgIpc) is 2.64. The molecule has 1 saturated carbocycles. The van der Waals surface area contributed by atoms with Crippen LogP contribution in [0.15, 0.2) is 70.9 Å². The number of hydrogen-bond acceptors (Lipinski definition) is 3. The van der Waals surface area contributed by atoms with Crippen LogP contribution in [0.4, 0.5) is 0 Å². The van der Waals surface area contributed by atoms with Crippen molar-refractivity contribution in [1.29, 1.82) is 0 Å². The van der Waals surface area contributed by atoms with E-state index in [4.69, 9.17) is 0 Å². The molecule has 1 fully saturated rings. The zero-order valence-electron chi connectivity index (χ0n) is 13.1. The van der Waals surface area contributed by atoms with Gasteiger partial charge in [-0.15, -0.1) is 5.10 Å². The highest BCUT2D eigenvalue weighted by atomic mass is 16.1. The molecular formula is C20H20N2O. The molecular weight excluding hydrogens is 284 g/mol. The molecule has 0 bridgehead atoms. The average molecular weight is 304 g/mol. The van der Waals surface area contributed by atoms with Crippen molar-refractivity contribution in [3.05, 3.63) is 71.8 Å². The number of carbonyl (C=O) groups excluding carboxylic acids is 1. The highest BCUT2D eigenvalue weighted by molar-refractivity contribution is 6.51. The monoisotopic (exact) mass is 304 g/mol. The Morgan fingerprint density at radius 3 is 1.91 bits per heavy atom. The summed E-state index contributed by atoms with van der Waals surface area (Å²) in [6.45, 7) is 0. The lowest BCUT2D eigenvalue weighted by Gasteiger charge is -2.11. The molecule has 3 heteroatoms. The Hall–Kier alpha value is -2.55. The Bertz CT molecular complexity index is 710. The maximum Gasteiger partial charge on any atom is 0.213 e. The van der Waals surface area contributed by atoms with Gasteiger partial charge >= 0.3 is 0 Å². The van der Waals surface area contributed by atoms with Crippen LogP contribution < -0.4 is 0 Å². The van der Waals surface area contributed by atoms with Crippen molar-refractivity contribution in [2.75, 3.05) is 0 Å². The van der Waals surface area contributed by atoms with Gasteiger partial charge in [-0.2, -0.15) is 5.10 Å². The Labute approximate surface area is 136 Å². The van der Waals surface area contributed by atoms with Gasteiger partial charge in [-0.1, -0.05) is 67.1 Å². The van der Waals surface area contributed by atoms with Crippen molar-refractivity contribution in [3.63, 3.8) is 0 Å². The Morgan fingerprint density at radius 1 is 0.739 bits per heavy atom. The fraction of sp³-hybridized carbons (Fsp3) is 0.250. The fourth-order valence-corrected chi connectivity index (χ4v) is 2.74. The van der Waals surface area contributed by atoms with Gasteiger partial charge in [0.2, 0.25) is 5.78 Å². The molecule has 0 saturated heterocycles. The number of Topliss-reactive ketones (excluding diaryl/α,β-unsaturated/α-hetero) is 1. The van der Waals surface area contributed by atoms with E-state index >= 15 is 0 Å². The molecule has 1 aliphatic carbocycles. The molecule has 2 aromatic rings. The summed E-state index contributed by atoms with van der Waals surface area (Å²) in [6.07, 6.45) is 5.58. The summed E-state index contributed by atoms with van der Waals surface area (Å²) in [4.78, 5) is 12.8. The van der Waals surface area contributed by atoms with Crippen molar-refractivity contribution >= 4 is 17.2 Å². The van der Waals surface area contributed by atoms with E-state index in [0.717, 1.165) is 24.1 Å². The third kappa shape index (κ3) is 4.01. The second-order valence-corrected chi connectivity index (χ2v) is 5.74. The van der Waals surface area contributed by atoms with E-state index in [2.05, 4.69) is 10.2 Å². The largest absolute Gasteiger partial charge is 0.287 e. The first-order chi connectivity index (χ1) is 11.3. The van der Waals surface area contributed by atoms with E-state index in [1.807, 2.05) is 60.7 Å². The van der Waals surface area contributed by atoms with Crippen LogP contribution in [0.1, 0.15) is 48.0 Å². The maximum atomic E-state index is 12.8. The smallest absolute Gasteiger partial charge is 0.213 e. The number of benzene rings is 2. The predicted octanol–water partition coefficient (Wildman–Crippen LogP) is 4.68. The molecule has 0 heterocycles. The molecule has 116 valence electrons. The molecule has 0 spiro atoms. The molecule has 1 aliphatic rings. The standard InChI is InChI=1S/C20H20N2O/c23-20(17-12-6-2-7-13-17)19(16-10-4-1-5-11-16)22-21-18-14-8-3-9-15-18/h1-2,4-7,10-13H,3,8-9,14-15H2/b22-19+. The van der Waals surface area contributed by atoms with Crippen LogP contribution in [0, 0.1) is 0 Å². The highest BCUT2D eigenvalue weighted by Crippen LogP contribution is 2.16. The minimum absolute atomic E-state index is 0.0861. The van der Waals surface area contributed by atoms with E-state index in [0.29, 0.717) is 11.3 Å². The molecule has 0 N–H and O–H groups in total. The minimum atomic E-state index is -0.0861. The molecule has 0 atom stereocenters. The van der Waals surface area contributed by atoms with E-state index < -0.39 is 0 Å². The molecule has 23 heavy (non-hydrogen) atoms. The van der Waals surface area contributed by atoms with Crippen LogP contribution in [-0.4, -0.2) is 17.2 Å². The number of nitrogens with zero attached hydrogens (tertiary/aromatic N) is 2. The fourth-order valence-electron chi connectivity index (χ4n) is 2.74. The molecule has 0 radical (unpaired) electrons. The summed E-state index contributed by atoms with van der Waals surface area (Å²) in [6, 6.07) is 18.8. The van der Waals surface area contributed by atoms with E-state index in [9.17, 15) is 4.79 Å². The van der Waals surface area contributed by atoms with Gasteiger partial charge in [0.1, 0.15) is 5.71 Å². The van der Waals surface area contributed by atoms with E-state index in [1.54, 1.807) is 0 Å². The lowest BCUT2D eigenvalue weighted by Crippen LogP contribution is -2.16. The van der Waals surface area contributed by atoms with Gasteiger partial charge in [-0.25, -0.2) is 0 Å². The van der Waals surface area contributed by atoms with Crippen LogP contribution in [0.2, 0.25) is 0 Å². The summed E-state index contributed by atoms with van der Waals surface area (Å²) in [5.74, 6) is -0.0861. The quantitative estimate of drug-likeness (QED) is 0.459. The summed E-state index contributed by atoms with van der Waals surface area (Å²) >= 11 is 0. The van der Waals surface area contributed by atoms with Crippen LogP contribution in [0.5, 0.6) is 0 Å². The third-order valence-electron chi connectivity index (χ3n) is 4.02. The first-order valence-corrected chi connectivity index (χ1v) is 8.13. The summed E-state index contributed by atoms with van der Waals surface area (Å²) < 4.78 is 0. The van der Waals surface area contributed by atoms with Gasteiger partial charge in [0.05, 0.1) is 0 Å².